The van der Waals surface area contributed by atoms with Gasteiger partial charge >= 0.3 is 0 Å². The van der Waals surface area contributed by atoms with E-state index < -0.39 is 12.2 Å². The molecule has 0 aliphatic carbocycles. The minimum Gasteiger partial charge on any atom is -0.487 e. The van der Waals surface area contributed by atoms with Gasteiger partial charge in [-0.1, -0.05) is 17.7 Å². The fourth-order valence-corrected chi connectivity index (χ4v) is 5.00. The quantitative estimate of drug-likeness (QED) is 0.748. The molecule has 2 aromatic rings. The number of aryl methyl sites for hydroxylation is 1. The molecule has 2 N–H and O–H groups in total. The second-order valence-corrected chi connectivity index (χ2v) is 9.27. The molecule has 3 heterocycles. The first-order valence-electron chi connectivity index (χ1n) is 10.9. The summed E-state index contributed by atoms with van der Waals surface area (Å²) in [5, 5.41) is 22.2. The van der Waals surface area contributed by atoms with Crippen LogP contribution in [0.25, 0.3) is 0 Å². The first kappa shape index (κ1) is 20.9. The topological polar surface area (TPSA) is 71.4 Å². The van der Waals surface area contributed by atoms with Gasteiger partial charge in [0.25, 0.3) is 0 Å². The summed E-state index contributed by atoms with van der Waals surface area (Å²) in [6.07, 6.45) is 1.00. The van der Waals surface area contributed by atoms with E-state index in [9.17, 15) is 10.2 Å². The van der Waals surface area contributed by atoms with Crippen molar-refractivity contribution in [2.45, 2.75) is 44.0 Å². The summed E-state index contributed by atoms with van der Waals surface area (Å²) in [4.78, 5) is 2.26. The number of hydrogen-bond acceptors (Lipinski definition) is 6. The van der Waals surface area contributed by atoms with Crippen molar-refractivity contribution in [3.63, 3.8) is 0 Å². The Labute approximate surface area is 187 Å². The summed E-state index contributed by atoms with van der Waals surface area (Å²) < 4.78 is 17.6. The number of aliphatic hydroxyl groups excluding tert-OH is 2. The third-order valence-corrected chi connectivity index (χ3v) is 7.10. The van der Waals surface area contributed by atoms with Gasteiger partial charge in [-0.15, -0.1) is 0 Å². The standard InChI is InChI=1S/C24H28ClNO5/c1-15-10-22-17(12-18(15)25)19(27)13-24(31-22)4-6-26(7-5-24)14-20(28)16-2-3-21-23(11-16)30-9-8-29-21/h2-3,10-12,19-20,27-28H,4-9,13-14H2,1H3/t19-,20-/m0/s1. The highest BCUT2D eigenvalue weighted by molar-refractivity contribution is 6.31. The van der Waals surface area contributed by atoms with Crippen LogP contribution in [0.1, 0.15) is 48.2 Å². The second kappa shape index (κ2) is 8.17. The summed E-state index contributed by atoms with van der Waals surface area (Å²) in [5.41, 5.74) is 2.18. The lowest BCUT2D eigenvalue weighted by Gasteiger charge is -2.46. The lowest BCUT2D eigenvalue weighted by atomic mass is 9.81. The number of likely N-dealkylation sites (tertiary alicyclic amines) is 1. The second-order valence-electron chi connectivity index (χ2n) is 8.86. The average molecular weight is 446 g/mol. The van der Waals surface area contributed by atoms with E-state index in [1.807, 2.05) is 37.3 Å². The Balaban J connectivity index is 1.23. The number of benzene rings is 2. The van der Waals surface area contributed by atoms with Crippen molar-refractivity contribution in [2.24, 2.45) is 0 Å². The van der Waals surface area contributed by atoms with Crippen LogP contribution >= 0.6 is 11.6 Å². The molecule has 1 saturated heterocycles. The normalized spacial score (nSPS) is 23.2. The highest BCUT2D eigenvalue weighted by Crippen LogP contribution is 2.46. The largest absolute Gasteiger partial charge is 0.487 e. The molecule has 0 amide bonds. The lowest BCUT2D eigenvalue weighted by molar-refractivity contribution is -0.0588. The fourth-order valence-electron chi connectivity index (χ4n) is 4.82. The van der Waals surface area contributed by atoms with Crippen molar-refractivity contribution in [3.05, 3.63) is 52.0 Å². The monoisotopic (exact) mass is 445 g/mol. The fraction of sp³-hybridized carbons (Fsp3) is 0.500. The molecule has 5 rings (SSSR count). The van der Waals surface area contributed by atoms with E-state index in [1.54, 1.807) is 0 Å². The van der Waals surface area contributed by atoms with Crippen molar-refractivity contribution in [3.8, 4) is 17.2 Å². The van der Waals surface area contributed by atoms with Crippen LogP contribution in [0.15, 0.2) is 30.3 Å². The summed E-state index contributed by atoms with van der Waals surface area (Å²) in [7, 11) is 0. The van der Waals surface area contributed by atoms with E-state index >= 15 is 0 Å². The van der Waals surface area contributed by atoms with E-state index in [0.717, 1.165) is 54.1 Å². The Bertz CT molecular complexity index is 973. The molecule has 2 atom stereocenters. The Morgan fingerprint density at radius 3 is 2.61 bits per heavy atom. The van der Waals surface area contributed by atoms with Gasteiger partial charge in [-0.2, -0.15) is 0 Å². The van der Waals surface area contributed by atoms with Crippen molar-refractivity contribution in [1.29, 1.82) is 0 Å². The predicted molar refractivity (Wildman–Crippen MR) is 117 cm³/mol. The van der Waals surface area contributed by atoms with E-state index in [2.05, 4.69) is 4.90 Å². The zero-order chi connectivity index (χ0) is 21.6. The molecule has 31 heavy (non-hydrogen) atoms. The van der Waals surface area contributed by atoms with Gasteiger partial charge < -0.3 is 29.3 Å². The van der Waals surface area contributed by atoms with E-state index in [-0.39, 0.29) is 5.60 Å². The molecule has 2 aromatic carbocycles. The number of halogens is 1. The van der Waals surface area contributed by atoms with Gasteiger partial charge in [-0.3, -0.25) is 0 Å². The predicted octanol–water partition coefficient (Wildman–Crippen LogP) is 3.80. The molecule has 1 fully saturated rings. The van der Waals surface area contributed by atoms with Crippen molar-refractivity contribution in [2.75, 3.05) is 32.8 Å². The first-order valence-corrected chi connectivity index (χ1v) is 11.3. The van der Waals surface area contributed by atoms with Gasteiger partial charge in [0, 0.05) is 36.6 Å². The maximum Gasteiger partial charge on any atom is 0.161 e. The number of ether oxygens (including phenoxy) is 3. The Morgan fingerprint density at radius 1 is 1.10 bits per heavy atom. The summed E-state index contributed by atoms with van der Waals surface area (Å²) >= 11 is 6.23. The number of nitrogens with zero attached hydrogens (tertiary/aromatic N) is 1. The van der Waals surface area contributed by atoms with Crippen molar-refractivity contribution < 1.29 is 24.4 Å². The average Bonchev–Trinajstić information content (AvgIpc) is 2.77. The van der Waals surface area contributed by atoms with Crippen LogP contribution in [0.2, 0.25) is 5.02 Å². The van der Waals surface area contributed by atoms with E-state index in [4.69, 9.17) is 25.8 Å². The van der Waals surface area contributed by atoms with Gasteiger partial charge in [-0.05, 0) is 55.2 Å². The molecule has 166 valence electrons. The molecule has 3 aliphatic heterocycles. The van der Waals surface area contributed by atoms with E-state index in [0.29, 0.717) is 37.0 Å². The zero-order valence-corrected chi connectivity index (χ0v) is 18.4. The number of piperidine rings is 1. The van der Waals surface area contributed by atoms with Crippen LogP contribution in [-0.2, 0) is 0 Å². The maximum absolute atomic E-state index is 10.8. The third-order valence-electron chi connectivity index (χ3n) is 6.69. The molecule has 6 nitrogen and oxygen atoms in total. The molecular weight excluding hydrogens is 418 g/mol. The van der Waals surface area contributed by atoms with Crippen molar-refractivity contribution in [1.82, 2.24) is 4.90 Å². The first-order chi connectivity index (χ1) is 14.9. The SMILES string of the molecule is Cc1cc2c(cc1Cl)[C@@H](O)CC1(CCN(C[C@H](O)c3ccc4c(c3)OCCO4)CC1)O2. The molecule has 0 aromatic heterocycles. The van der Waals surface area contributed by atoms with E-state index in [1.165, 1.54) is 0 Å². The molecule has 1 spiro atoms. The minimum absolute atomic E-state index is 0.370. The molecule has 0 unspecified atom stereocenters. The molecule has 0 saturated carbocycles. The van der Waals surface area contributed by atoms with Crippen molar-refractivity contribution >= 4 is 11.6 Å². The van der Waals surface area contributed by atoms with Gasteiger partial charge in [0.05, 0.1) is 12.2 Å². The van der Waals surface area contributed by atoms with Crippen LogP contribution in [0.3, 0.4) is 0 Å². The van der Waals surface area contributed by atoms with Crippen LogP contribution in [0.4, 0.5) is 0 Å². The summed E-state index contributed by atoms with van der Waals surface area (Å²) in [6.45, 7) is 5.18. The van der Waals surface area contributed by atoms with Gasteiger partial charge in [0.2, 0.25) is 0 Å². The highest BCUT2D eigenvalue weighted by Gasteiger charge is 2.43. The molecule has 3 aliphatic rings. The Kier molecular flexibility index (Phi) is 5.51. The third kappa shape index (κ3) is 4.10. The number of aliphatic hydroxyl groups is 2. The summed E-state index contributed by atoms with van der Waals surface area (Å²) in [6, 6.07) is 9.38. The molecule has 7 heteroatoms. The molecule has 0 radical (unpaired) electrons. The van der Waals surface area contributed by atoms with Crippen LogP contribution in [-0.4, -0.2) is 53.6 Å². The number of hydrogen-bond donors (Lipinski definition) is 2. The number of rotatable bonds is 3. The van der Waals surface area contributed by atoms with Crippen LogP contribution in [0, 0.1) is 6.92 Å². The van der Waals surface area contributed by atoms with Crippen LogP contribution in [0.5, 0.6) is 17.2 Å². The Morgan fingerprint density at radius 2 is 1.84 bits per heavy atom. The molecular formula is C24H28ClNO5. The smallest absolute Gasteiger partial charge is 0.161 e. The Hall–Kier alpha value is -1.99. The number of β-amino-alcohol motifs (C(OH)–C–C–N with tert-alkyl or cyclic N) is 1. The van der Waals surface area contributed by atoms with Crippen LogP contribution < -0.4 is 14.2 Å². The van der Waals surface area contributed by atoms with Gasteiger partial charge in [-0.25, -0.2) is 0 Å². The lowest BCUT2D eigenvalue weighted by Crippen LogP contribution is -2.51. The minimum atomic E-state index is -0.603. The van der Waals surface area contributed by atoms with Gasteiger partial charge in [0.15, 0.2) is 11.5 Å². The maximum atomic E-state index is 10.8. The molecule has 0 bridgehead atoms. The van der Waals surface area contributed by atoms with Gasteiger partial charge in [0.1, 0.15) is 24.6 Å². The highest BCUT2D eigenvalue weighted by atomic mass is 35.5. The zero-order valence-electron chi connectivity index (χ0n) is 17.6. The number of fused-ring (bicyclic) bond motifs is 2. The summed E-state index contributed by atoms with van der Waals surface area (Å²) in [5.74, 6) is 2.16.